The molecule has 0 bridgehead atoms. The van der Waals surface area contributed by atoms with Crippen LogP contribution in [0.15, 0.2) is 52.1 Å². The maximum Gasteiger partial charge on any atom is 0.389 e. The second-order valence-electron chi connectivity index (χ2n) is 6.27. The molecule has 0 unspecified atom stereocenters. The Balaban J connectivity index is 1.84. The van der Waals surface area contributed by atoms with E-state index in [1.165, 1.54) is 0 Å². The summed E-state index contributed by atoms with van der Waals surface area (Å²) >= 11 is 0. The van der Waals surface area contributed by atoms with Gasteiger partial charge < -0.3 is 19.8 Å². The van der Waals surface area contributed by atoms with Crippen LogP contribution in [0, 0.1) is 0 Å². The Labute approximate surface area is 163 Å². The summed E-state index contributed by atoms with van der Waals surface area (Å²) in [6.07, 6.45) is -2.06. The molecular weight excluding hydrogens is 371 g/mol. The van der Waals surface area contributed by atoms with Crippen molar-refractivity contribution < 1.29 is 22.3 Å². The first-order valence-electron chi connectivity index (χ1n) is 9.20. The molecule has 0 aliphatic carbocycles. The van der Waals surface area contributed by atoms with E-state index in [1.54, 1.807) is 13.4 Å². The van der Waals surface area contributed by atoms with Crippen molar-refractivity contribution in [1.29, 1.82) is 0 Å². The number of hydrogen-bond donors (Lipinski definition) is 2. The van der Waals surface area contributed by atoms with E-state index in [2.05, 4.69) is 15.6 Å². The maximum atomic E-state index is 12.2. The highest BCUT2D eigenvalue weighted by Crippen LogP contribution is 2.21. The quantitative estimate of drug-likeness (QED) is 0.357. The van der Waals surface area contributed by atoms with Crippen LogP contribution in [0.2, 0.25) is 0 Å². The number of halogens is 3. The summed E-state index contributed by atoms with van der Waals surface area (Å²) in [7, 11) is 1.61. The van der Waals surface area contributed by atoms with E-state index in [0.29, 0.717) is 38.4 Å². The Morgan fingerprint density at radius 1 is 1.07 bits per heavy atom. The zero-order valence-corrected chi connectivity index (χ0v) is 15.9. The van der Waals surface area contributed by atoms with Crippen LogP contribution in [-0.2, 0) is 13.0 Å². The molecule has 0 radical (unpaired) electrons. The largest absolute Gasteiger partial charge is 0.497 e. The number of nitrogens with one attached hydrogen (secondary N) is 2. The second-order valence-corrected chi connectivity index (χ2v) is 6.27. The van der Waals surface area contributed by atoms with Gasteiger partial charge in [-0.25, -0.2) is 4.99 Å². The maximum absolute atomic E-state index is 12.2. The number of benzene rings is 1. The normalized spacial score (nSPS) is 12.1. The monoisotopic (exact) mass is 397 g/mol. The predicted molar refractivity (Wildman–Crippen MR) is 102 cm³/mol. The number of aliphatic imine (C=N–C) groups is 1. The fourth-order valence-electron chi connectivity index (χ4n) is 2.49. The summed E-state index contributed by atoms with van der Waals surface area (Å²) in [5, 5.41) is 6.29. The van der Waals surface area contributed by atoms with Crippen molar-refractivity contribution in [2.45, 2.75) is 38.4 Å². The van der Waals surface area contributed by atoms with Gasteiger partial charge in [0.1, 0.15) is 11.5 Å². The predicted octanol–water partition coefficient (Wildman–Crippen LogP) is 4.30. The Kier molecular flexibility index (Phi) is 8.71. The first kappa shape index (κ1) is 21.7. The fourth-order valence-corrected chi connectivity index (χ4v) is 2.49. The van der Waals surface area contributed by atoms with Crippen molar-refractivity contribution in [3.63, 3.8) is 0 Å². The topological polar surface area (TPSA) is 58.8 Å². The first-order valence-corrected chi connectivity index (χ1v) is 9.20. The number of hydrogen-bond acceptors (Lipinski definition) is 3. The highest BCUT2D eigenvalue weighted by molar-refractivity contribution is 5.79. The molecule has 0 aliphatic rings. The molecule has 1 heterocycles. The average molecular weight is 397 g/mol. The van der Waals surface area contributed by atoms with Gasteiger partial charge in [0, 0.05) is 25.9 Å². The van der Waals surface area contributed by atoms with Gasteiger partial charge in [0.05, 0.1) is 19.9 Å². The molecule has 0 aliphatic heterocycles. The third-order valence-electron chi connectivity index (χ3n) is 4.00. The number of guanidine groups is 1. The Bertz CT molecular complexity index is 698. The van der Waals surface area contributed by atoms with Gasteiger partial charge in [0.2, 0.25) is 0 Å². The minimum atomic E-state index is -4.10. The number of methoxy groups -OCH3 is 1. The molecule has 8 heteroatoms. The number of nitrogens with zero attached hydrogens (tertiary/aromatic N) is 1. The summed E-state index contributed by atoms with van der Waals surface area (Å²) in [6, 6.07) is 11.3. The standard InChI is InChI=1S/C20H26F3N3O2/c1-27-17-8-6-16(7-9-17)15-26-19(24-12-3-2-11-20(21,22)23)25-13-10-18-5-4-14-28-18/h4-9,14H,2-3,10-13,15H2,1H3,(H2,24,25,26). The van der Waals surface area contributed by atoms with Crippen LogP contribution in [0.25, 0.3) is 0 Å². The van der Waals surface area contributed by atoms with Crippen LogP contribution in [0.5, 0.6) is 5.75 Å². The molecule has 28 heavy (non-hydrogen) atoms. The summed E-state index contributed by atoms with van der Waals surface area (Å²) in [5.74, 6) is 2.19. The zero-order chi connectivity index (χ0) is 20.2. The number of rotatable bonds is 10. The van der Waals surface area contributed by atoms with Crippen molar-refractivity contribution in [2.24, 2.45) is 4.99 Å². The van der Waals surface area contributed by atoms with Crippen LogP contribution in [0.4, 0.5) is 13.2 Å². The summed E-state index contributed by atoms with van der Waals surface area (Å²) < 4.78 is 47.1. The molecule has 0 saturated carbocycles. The Hall–Kier alpha value is -2.64. The van der Waals surface area contributed by atoms with Gasteiger partial charge in [-0.3, -0.25) is 0 Å². The van der Waals surface area contributed by atoms with Crippen LogP contribution < -0.4 is 15.4 Å². The average Bonchev–Trinajstić information content (AvgIpc) is 3.18. The van der Waals surface area contributed by atoms with Crippen LogP contribution in [-0.4, -0.2) is 32.3 Å². The van der Waals surface area contributed by atoms with Gasteiger partial charge in [0.25, 0.3) is 0 Å². The lowest BCUT2D eigenvalue weighted by molar-refractivity contribution is -0.135. The SMILES string of the molecule is COc1ccc(CN=C(NCCCCC(F)(F)F)NCCc2ccco2)cc1. The fraction of sp³-hybridized carbons (Fsp3) is 0.450. The van der Waals surface area contributed by atoms with Crippen molar-refractivity contribution >= 4 is 5.96 Å². The molecule has 2 rings (SSSR count). The molecule has 2 aromatic rings. The number of ether oxygens (including phenoxy) is 1. The minimum absolute atomic E-state index is 0.0919. The third-order valence-corrected chi connectivity index (χ3v) is 4.00. The molecule has 0 fully saturated rings. The zero-order valence-electron chi connectivity index (χ0n) is 15.9. The van der Waals surface area contributed by atoms with Crippen molar-refractivity contribution in [1.82, 2.24) is 10.6 Å². The molecule has 0 atom stereocenters. The van der Waals surface area contributed by atoms with E-state index < -0.39 is 12.6 Å². The molecule has 2 N–H and O–H groups in total. The van der Waals surface area contributed by atoms with Gasteiger partial charge in [-0.2, -0.15) is 13.2 Å². The van der Waals surface area contributed by atoms with Crippen LogP contribution >= 0.6 is 0 Å². The molecule has 0 amide bonds. The molecule has 1 aromatic heterocycles. The van der Waals surface area contributed by atoms with E-state index in [9.17, 15) is 13.2 Å². The Morgan fingerprint density at radius 3 is 2.46 bits per heavy atom. The minimum Gasteiger partial charge on any atom is -0.497 e. The van der Waals surface area contributed by atoms with Crippen molar-refractivity contribution in [3.8, 4) is 5.75 Å². The Morgan fingerprint density at radius 2 is 1.82 bits per heavy atom. The van der Waals surface area contributed by atoms with E-state index in [4.69, 9.17) is 9.15 Å². The molecular formula is C20H26F3N3O2. The lowest BCUT2D eigenvalue weighted by Crippen LogP contribution is -2.39. The van der Waals surface area contributed by atoms with Gasteiger partial charge in [-0.1, -0.05) is 12.1 Å². The number of furan rings is 1. The molecule has 1 aromatic carbocycles. The van der Waals surface area contributed by atoms with Crippen molar-refractivity contribution in [3.05, 3.63) is 54.0 Å². The highest BCUT2D eigenvalue weighted by atomic mass is 19.4. The molecule has 0 spiro atoms. The van der Waals surface area contributed by atoms with Gasteiger partial charge in [-0.05, 0) is 42.7 Å². The lowest BCUT2D eigenvalue weighted by Gasteiger charge is -2.13. The summed E-state index contributed by atoms with van der Waals surface area (Å²) in [6.45, 7) is 1.47. The molecule has 154 valence electrons. The van der Waals surface area contributed by atoms with E-state index >= 15 is 0 Å². The third kappa shape index (κ3) is 8.83. The lowest BCUT2D eigenvalue weighted by atomic mass is 10.2. The van der Waals surface area contributed by atoms with Crippen LogP contribution in [0.1, 0.15) is 30.6 Å². The second kappa shape index (κ2) is 11.3. The summed E-state index contributed by atoms with van der Waals surface area (Å²) in [5.41, 5.74) is 1.00. The van der Waals surface area contributed by atoms with E-state index in [-0.39, 0.29) is 6.42 Å². The van der Waals surface area contributed by atoms with Crippen molar-refractivity contribution in [2.75, 3.05) is 20.2 Å². The first-order chi connectivity index (χ1) is 13.5. The highest BCUT2D eigenvalue weighted by Gasteiger charge is 2.25. The van der Waals surface area contributed by atoms with Gasteiger partial charge in [0.15, 0.2) is 5.96 Å². The van der Waals surface area contributed by atoms with E-state index in [0.717, 1.165) is 17.1 Å². The smallest absolute Gasteiger partial charge is 0.389 e. The molecule has 0 saturated heterocycles. The number of unbranched alkanes of at least 4 members (excludes halogenated alkanes) is 1. The molecule has 5 nitrogen and oxygen atoms in total. The van der Waals surface area contributed by atoms with Gasteiger partial charge >= 0.3 is 6.18 Å². The van der Waals surface area contributed by atoms with Gasteiger partial charge in [-0.15, -0.1) is 0 Å². The summed E-state index contributed by atoms with van der Waals surface area (Å²) in [4.78, 5) is 4.52. The number of alkyl halides is 3. The van der Waals surface area contributed by atoms with Crippen LogP contribution in [0.3, 0.4) is 0 Å². The van der Waals surface area contributed by atoms with E-state index in [1.807, 2.05) is 36.4 Å².